The molecule has 4 nitrogen and oxygen atoms in total. The molecule has 0 saturated heterocycles. The van der Waals surface area contributed by atoms with Crippen molar-refractivity contribution in [2.75, 3.05) is 5.33 Å². The van der Waals surface area contributed by atoms with Crippen molar-refractivity contribution in [3.63, 3.8) is 0 Å². The molecule has 220 valence electrons. The molecule has 0 amide bonds. The quantitative estimate of drug-likeness (QED) is 0.125. The first-order valence-corrected chi connectivity index (χ1v) is 15.0. The topological polar surface area (TPSA) is 50.9 Å². The van der Waals surface area contributed by atoms with Crippen molar-refractivity contribution in [1.82, 2.24) is 4.98 Å². The fraction of sp³-hybridized carbons (Fsp3) is 0.0526. The molecule has 0 atom stereocenters. The number of Topliss-reactive ketones (excluding diaryl/α,β-unsaturated/α-hetero) is 2. The number of ketones is 2. The molecule has 0 spiro atoms. The third-order valence-corrected chi connectivity index (χ3v) is 6.93. The zero-order chi connectivity index (χ0) is 30.1. The van der Waals surface area contributed by atoms with Crippen LogP contribution in [-0.4, -0.2) is 21.9 Å². The van der Waals surface area contributed by atoms with Crippen LogP contribution in [0.2, 0.25) is 0 Å². The van der Waals surface area contributed by atoms with E-state index in [0.29, 0.717) is 11.9 Å². The van der Waals surface area contributed by atoms with Crippen LogP contribution in [0.1, 0.15) is 20.7 Å². The molecule has 6 rings (SSSR count). The highest BCUT2D eigenvalue weighted by Crippen LogP contribution is 2.20. The highest BCUT2D eigenvalue weighted by molar-refractivity contribution is 9.09. The van der Waals surface area contributed by atoms with Gasteiger partial charge in [0.1, 0.15) is 0 Å². The fourth-order valence-electron chi connectivity index (χ4n) is 4.14. The van der Waals surface area contributed by atoms with Crippen molar-refractivity contribution >= 4 is 27.5 Å². The van der Waals surface area contributed by atoms with Crippen molar-refractivity contribution in [2.24, 2.45) is 0 Å². The molecule has 44 heavy (non-hydrogen) atoms. The van der Waals surface area contributed by atoms with E-state index in [1.54, 1.807) is 12.4 Å². The number of benzene rings is 4. The maximum absolute atomic E-state index is 12.2. The lowest BCUT2D eigenvalue weighted by Gasteiger charge is -2.03. The van der Waals surface area contributed by atoms with Crippen LogP contribution >= 0.6 is 15.9 Å². The molecule has 0 N–H and O–H groups in total. The van der Waals surface area contributed by atoms with Gasteiger partial charge in [-0.3, -0.25) is 14.6 Å². The minimum Gasteiger partial charge on any atom is -1.00 e. The van der Waals surface area contributed by atoms with Gasteiger partial charge in [-0.15, -0.1) is 0 Å². The fourth-order valence-corrected chi connectivity index (χ4v) is 4.47. The van der Waals surface area contributed by atoms with E-state index < -0.39 is 0 Å². The highest BCUT2D eigenvalue weighted by atomic mass is 79.9. The molecule has 6 heteroatoms. The van der Waals surface area contributed by atoms with Gasteiger partial charge in [-0.1, -0.05) is 137 Å². The number of aromatic nitrogens is 2. The largest absolute Gasteiger partial charge is 1.00 e. The van der Waals surface area contributed by atoms with E-state index in [9.17, 15) is 9.59 Å². The van der Waals surface area contributed by atoms with Gasteiger partial charge in [-0.05, 0) is 34.4 Å². The number of pyridine rings is 2. The predicted molar refractivity (Wildman–Crippen MR) is 177 cm³/mol. The molecule has 0 aliphatic rings. The van der Waals surface area contributed by atoms with E-state index in [1.165, 1.54) is 5.56 Å². The van der Waals surface area contributed by atoms with Gasteiger partial charge in [0.05, 0.1) is 5.33 Å². The third-order valence-electron chi connectivity index (χ3n) is 6.42. The first kappa shape index (κ1) is 34.0. The second-order valence-electron chi connectivity index (χ2n) is 9.44. The minimum atomic E-state index is 0. The van der Waals surface area contributed by atoms with Gasteiger partial charge in [0, 0.05) is 35.7 Å². The Morgan fingerprint density at radius 3 is 1.27 bits per heavy atom. The maximum atomic E-state index is 12.2. The Bertz CT molecular complexity index is 1640. The van der Waals surface area contributed by atoms with Crippen molar-refractivity contribution in [2.45, 2.75) is 6.54 Å². The lowest BCUT2D eigenvalue weighted by atomic mass is 10.0. The summed E-state index contributed by atoms with van der Waals surface area (Å²) in [5.41, 5.74) is 6.07. The molecular weight excluding hydrogens is 676 g/mol. The summed E-state index contributed by atoms with van der Waals surface area (Å²) in [6.07, 6.45) is 7.30. The molecule has 2 heterocycles. The van der Waals surface area contributed by atoms with Crippen LogP contribution in [0.4, 0.5) is 0 Å². The van der Waals surface area contributed by atoms with E-state index in [2.05, 4.69) is 45.2 Å². The average molecular weight is 708 g/mol. The SMILES string of the molecule is O=C(CBr)c1ccc(-c2ccccc2)cc1.O=C(C[n+]1ccccc1)c1ccc(-c2ccccc2)cc1.[Br-].c1ccncc1. The smallest absolute Gasteiger partial charge is 0.227 e. The number of rotatable bonds is 7. The average Bonchev–Trinajstić information content (AvgIpc) is 3.10. The highest BCUT2D eigenvalue weighted by Gasteiger charge is 2.11. The zero-order valence-electron chi connectivity index (χ0n) is 24.0. The second kappa shape index (κ2) is 18.9. The molecule has 0 aliphatic carbocycles. The lowest BCUT2D eigenvalue weighted by molar-refractivity contribution is -0.683. The normalized spacial score (nSPS) is 9.66. The molecule has 0 unspecified atom stereocenters. The molecule has 4 aromatic carbocycles. The van der Waals surface area contributed by atoms with Crippen molar-refractivity contribution < 1.29 is 31.1 Å². The Labute approximate surface area is 278 Å². The van der Waals surface area contributed by atoms with E-state index in [-0.39, 0.29) is 28.5 Å². The Balaban J connectivity index is 0.000000203. The van der Waals surface area contributed by atoms with Crippen LogP contribution in [0, 0.1) is 0 Å². The summed E-state index contributed by atoms with van der Waals surface area (Å²) in [6.45, 7) is 0.367. The maximum Gasteiger partial charge on any atom is 0.227 e. The van der Waals surface area contributed by atoms with Gasteiger partial charge >= 0.3 is 0 Å². The molecular formula is C38H32Br2N2O2. The van der Waals surface area contributed by atoms with E-state index in [1.807, 2.05) is 138 Å². The Morgan fingerprint density at radius 2 is 0.886 bits per heavy atom. The summed E-state index contributed by atoms with van der Waals surface area (Å²) in [4.78, 5) is 27.4. The molecule has 0 bridgehead atoms. The van der Waals surface area contributed by atoms with E-state index in [4.69, 9.17) is 0 Å². The lowest BCUT2D eigenvalue weighted by Crippen LogP contribution is -3.00. The molecule has 0 fully saturated rings. The molecule has 0 saturated carbocycles. The molecule has 0 aliphatic heterocycles. The predicted octanol–water partition coefficient (Wildman–Crippen LogP) is 5.54. The Hall–Kier alpha value is -4.52. The third kappa shape index (κ3) is 11.0. The van der Waals surface area contributed by atoms with Crippen molar-refractivity contribution in [3.05, 3.63) is 182 Å². The number of carbonyl (C=O) groups is 2. The second-order valence-corrected chi connectivity index (χ2v) is 10.00. The van der Waals surface area contributed by atoms with Crippen molar-refractivity contribution in [3.8, 4) is 22.3 Å². The van der Waals surface area contributed by atoms with Gasteiger partial charge in [0.15, 0.2) is 18.2 Å². The van der Waals surface area contributed by atoms with E-state index in [0.717, 1.165) is 27.8 Å². The summed E-state index contributed by atoms with van der Waals surface area (Å²) in [5, 5.41) is 0.373. The van der Waals surface area contributed by atoms with Crippen molar-refractivity contribution in [1.29, 1.82) is 0 Å². The summed E-state index contributed by atoms with van der Waals surface area (Å²) >= 11 is 3.17. The van der Waals surface area contributed by atoms with Gasteiger partial charge in [-0.25, -0.2) is 0 Å². The Morgan fingerprint density at radius 1 is 0.500 bits per heavy atom. The zero-order valence-corrected chi connectivity index (χ0v) is 27.2. The number of halogens is 2. The first-order valence-electron chi connectivity index (χ1n) is 13.9. The number of alkyl halides is 1. The monoisotopic (exact) mass is 706 g/mol. The summed E-state index contributed by atoms with van der Waals surface area (Å²) < 4.78 is 1.88. The standard InChI is InChI=1S/C19H16NO.C14H11BrO.C5H5N.BrH/c21-19(15-20-13-5-2-6-14-20)18-11-9-17(10-12-18)16-7-3-1-4-8-16;15-10-14(16)13-8-6-12(7-9-13)11-4-2-1-3-5-11;1-2-4-6-5-3-1;/h1-14H,15H2;1-9H,10H2;1-5H;1H/q+1;;;/p-1. The van der Waals surface area contributed by atoms with Crippen LogP contribution < -0.4 is 21.5 Å². The van der Waals surface area contributed by atoms with Crippen LogP contribution in [-0.2, 0) is 6.54 Å². The van der Waals surface area contributed by atoms with Gasteiger partial charge < -0.3 is 17.0 Å². The Kier molecular flexibility index (Phi) is 14.6. The molecule has 6 aromatic rings. The van der Waals surface area contributed by atoms with Crippen LogP contribution in [0.25, 0.3) is 22.3 Å². The molecule has 2 aromatic heterocycles. The van der Waals surface area contributed by atoms with Gasteiger partial charge in [-0.2, -0.15) is 4.57 Å². The number of hydrogen-bond acceptors (Lipinski definition) is 3. The first-order chi connectivity index (χ1) is 21.1. The summed E-state index contributed by atoms with van der Waals surface area (Å²) in [5.74, 6) is 0.227. The van der Waals surface area contributed by atoms with Gasteiger partial charge in [0.25, 0.3) is 0 Å². The molecule has 0 radical (unpaired) electrons. The van der Waals surface area contributed by atoms with E-state index >= 15 is 0 Å². The summed E-state index contributed by atoms with van der Waals surface area (Å²) in [6, 6.07) is 47.3. The minimum absolute atomic E-state index is 0. The summed E-state index contributed by atoms with van der Waals surface area (Å²) in [7, 11) is 0. The van der Waals surface area contributed by atoms with Gasteiger partial charge in [0.2, 0.25) is 12.3 Å². The number of hydrogen-bond donors (Lipinski definition) is 0. The van der Waals surface area contributed by atoms with Crippen LogP contribution in [0.5, 0.6) is 0 Å². The number of nitrogens with zero attached hydrogens (tertiary/aromatic N) is 2. The van der Waals surface area contributed by atoms with Crippen LogP contribution in [0.15, 0.2) is 170 Å². The van der Waals surface area contributed by atoms with Crippen LogP contribution in [0.3, 0.4) is 0 Å². The number of carbonyl (C=O) groups excluding carboxylic acids is 2.